The highest BCUT2D eigenvalue weighted by Gasteiger charge is 2.22. The van der Waals surface area contributed by atoms with E-state index in [0.717, 1.165) is 42.9 Å². The highest BCUT2D eigenvalue weighted by Crippen LogP contribution is 2.33. The van der Waals surface area contributed by atoms with Crippen molar-refractivity contribution in [2.24, 2.45) is 0 Å². The van der Waals surface area contributed by atoms with Gasteiger partial charge in [0.25, 0.3) is 0 Å². The van der Waals surface area contributed by atoms with Gasteiger partial charge < -0.3 is 4.74 Å². The number of para-hydroxylation sites is 1. The van der Waals surface area contributed by atoms with E-state index in [1.807, 2.05) is 6.07 Å². The Morgan fingerprint density at radius 3 is 2.75 bits per heavy atom. The van der Waals surface area contributed by atoms with Crippen LogP contribution in [0.4, 0.5) is 9.80 Å². The normalized spacial score (nSPS) is 11.5. The van der Waals surface area contributed by atoms with Crippen LogP contribution in [0.25, 0.3) is 0 Å². The fraction of sp³-hybridized carbons (Fsp3) is 0.389. The summed E-state index contributed by atoms with van der Waals surface area (Å²) in [5.74, 6) is 0.698. The maximum atomic E-state index is 12.0. The van der Waals surface area contributed by atoms with Crippen LogP contribution in [-0.2, 0) is 0 Å². The van der Waals surface area contributed by atoms with Crippen molar-refractivity contribution in [3.8, 4) is 11.8 Å². The second-order valence-corrected chi connectivity index (χ2v) is 6.23. The van der Waals surface area contributed by atoms with Crippen LogP contribution in [0.2, 0.25) is 0 Å². The Kier molecular flexibility index (Phi) is 6.76. The fourth-order valence-corrected chi connectivity index (χ4v) is 3.27. The van der Waals surface area contributed by atoms with E-state index in [9.17, 15) is 10.1 Å². The summed E-state index contributed by atoms with van der Waals surface area (Å²) in [6, 6.07) is 11.0. The van der Waals surface area contributed by atoms with Crippen LogP contribution in [-0.4, -0.2) is 10.5 Å². The molecule has 0 bridgehead atoms. The molecule has 1 aromatic heterocycles. The molecule has 5 nitrogen and oxygen atoms in total. The molecule has 0 spiro atoms. The monoisotopic (exact) mass is 343 g/mol. The summed E-state index contributed by atoms with van der Waals surface area (Å²) < 4.78 is 9.62. The minimum absolute atomic E-state index is 0.247. The van der Waals surface area contributed by atoms with E-state index in [2.05, 4.69) is 29.6 Å². The first kappa shape index (κ1) is 18.0. The Morgan fingerprint density at radius 2 is 2.12 bits per heavy atom. The number of benzene rings is 1. The van der Waals surface area contributed by atoms with Crippen molar-refractivity contribution in [3.05, 3.63) is 41.6 Å². The van der Waals surface area contributed by atoms with Gasteiger partial charge >= 0.3 is 6.09 Å². The number of carbonyl (C=O) groups is 1. The standard InChI is InChI=1S/C18H21N3O2S/c1-3-5-9-13(4-2)16-15(12-19)17(24-21-16)20-18(22)23-14-10-7-6-8-11-14/h6-8,10-11,13H,3-5,9H2,1-2H3,(H,20,22). The quantitative estimate of drug-likeness (QED) is 0.739. The highest BCUT2D eigenvalue weighted by atomic mass is 32.1. The molecule has 0 aliphatic rings. The number of rotatable bonds is 7. The third-order valence-electron chi connectivity index (χ3n) is 3.79. The van der Waals surface area contributed by atoms with E-state index in [-0.39, 0.29) is 5.92 Å². The minimum atomic E-state index is -0.616. The van der Waals surface area contributed by atoms with E-state index in [1.165, 1.54) is 0 Å². The summed E-state index contributed by atoms with van der Waals surface area (Å²) in [4.78, 5) is 12.0. The van der Waals surface area contributed by atoms with E-state index in [1.54, 1.807) is 24.3 Å². The van der Waals surface area contributed by atoms with Crippen molar-refractivity contribution in [1.29, 1.82) is 5.26 Å². The average Bonchev–Trinajstić information content (AvgIpc) is 2.99. The third-order valence-corrected chi connectivity index (χ3v) is 4.56. The summed E-state index contributed by atoms with van der Waals surface area (Å²) in [5, 5.41) is 12.6. The number of aromatic nitrogens is 1. The molecule has 6 heteroatoms. The molecule has 0 fully saturated rings. The lowest BCUT2D eigenvalue weighted by Crippen LogP contribution is -2.16. The molecular formula is C18H21N3O2S. The summed E-state index contributed by atoms with van der Waals surface area (Å²) in [7, 11) is 0. The fourth-order valence-electron chi connectivity index (χ4n) is 2.47. The molecule has 0 aliphatic carbocycles. The lowest BCUT2D eigenvalue weighted by atomic mass is 9.93. The predicted octanol–water partition coefficient (Wildman–Crippen LogP) is 5.31. The molecule has 1 N–H and O–H groups in total. The lowest BCUT2D eigenvalue weighted by molar-refractivity contribution is 0.215. The van der Waals surface area contributed by atoms with Crippen molar-refractivity contribution < 1.29 is 9.53 Å². The van der Waals surface area contributed by atoms with Crippen molar-refractivity contribution in [2.45, 2.75) is 45.4 Å². The Morgan fingerprint density at radius 1 is 1.38 bits per heavy atom. The molecule has 2 rings (SSSR count). The van der Waals surface area contributed by atoms with Gasteiger partial charge in [0.05, 0.1) is 5.69 Å². The molecule has 0 saturated carbocycles. The van der Waals surface area contributed by atoms with Gasteiger partial charge in [-0.2, -0.15) is 9.64 Å². The maximum Gasteiger partial charge on any atom is 0.417 e. The average molecular weight is 343 g/mol. The van der Waals surface area contributed by atoms with Gasteiger partial charge in [-0.05, 0) is 36.5 Å². The Labute approximate surface area is 146 Å². The summed E-state index contributed by atoms with van der Waals surface area (Å²) in [6.07, 6.45) is 3.51. The van der Waals surface area contributed by atoms with Crippen LogP contribution in [0.5, 0.6) is 5.75 Å². The van der Waals surface area contributed by atoms with Crippen molar-refractivity contribution in [2.75, 3.05) is 5.32 Å². The number of carbonyl (C=O) groups excluding carboxylic acids is 1. The van der Waals surface area contributed by atoms with Gasteiger partial charge in [-0.3, -0.25) is 5.32 Å². The number of amides is 1. The van der Waals surface area contributed by atoms with Crippen molar-refractivity contribution in [3.63, 3.8) is 0 Å². The maximum absolute atomic E-state index is 12.0. The zero-order valence-corrected chi connectivity index (χ0v) is 14.7. The van der Waals surface area contributed by atoms with Gasteiger partial charge in [-0.25, -0.2) is 4.79 Å². The first-order valence-electron chi connectivity index (χ1n) is 8.13. The van der Waals surface area contributed by atoms with E-state index < -0.39 is 6.09 Å². The molecule has 2 aromatic rings. The van der Waals surface area contributed by atoms with Crippen LogP contribution in [0.3, 0.4) is 0 Å². The van der Waals surface area contributed by atoms with Gasteiger partial charge in [-0.15, -0.1) is 0 Å². The zero-order chi connectivity index (χ0) is 17.4. The molecule has 0 aliphatic heterocycles. The molecule has 1 aromatic carbocycles. The van der Waals surface area contributed by atoms with E-state index in [4.69, 9.17) is 4.74 Å². The summed E-state index contributed by atoms with van der Waals surface area (Å²) >= 11 is 1.13. The number of ether oxygens (including phenoxy) is 1. The number of nitrogens with zero attached hydrogens (tertiary/aromatic N) is 2. The van der Waals surface area contributed by atoms with E-state index in [0.29, 0.717) is 16.3 Å². The number of hydrogen-bond acceptors (Lipinski definition) is 5. The topological polar surface area (TPSA) is 75.0 Å². The van der Waals surface area contributed by atoms with Gasteiger partial charge in [0, 0.05) is 5.92 Å². The van der Waals surface area contributed by atoms with Gasteiger partial charge in [0.2, 0.25) is 0 Å². The van der Waals surface area contributed by atoms with Crippen molar-refractivity contribution >= 4 is 22.6 Å². The van der Waals surface area contributed by atoms with Gasteiger partial charge in [0.15, 0.2) is 0 Å². The number of unbranched alkanes of at least 4 members (excludes halogenated alkanes) is 1. The SMILES string of the molecule is CCCCC(CC)c1nsc(NC(=O)Oc2ccccc2)c1C#N. The molecule has 24 heavy (non-hydrogen) atoms. The Hall–Kier alpha value is -2.39. The molecule has 0 saturated heterocycles. The lowest BCUT2D eigenvalue weighted by Gasteiger charge is -2.12. The van der Waals surface area contributed by atoms with Crippen molar-refractivity contribution in [1.82, 2.24) is 4.37 Å². The third kappa shape index (κ3) is 4.56. The second kappa shape index (κ2) is 9.04. The van der Waals surface area contributed by atoms with Crippen LogP contribution >= 0.6 is 11.5 Å². The smallest absolute Gasteiger partial charge is 0.410 e. The Balaban J connectivity index is 2.11. The zero-order valence-electron chi connectivity index (χ0n) is 13.9. The Bertz CT molecular complexity index is 707. The molecule has 0 radical (unpaired) electrons. The highest BCUT2D eigenvalue weighted by molar-refractivity contribution is 7.10. The number of anilines is 1. The van der Waals surface area contributed by atoms with Gasteiger partial charge in [-0.1, -0.05) is 44.9 Å². The van der Waals surface area contributed by atoms with Gasteiger partial charge in [0.1, 0.15) is 22.4 Å². The minimum Gasteiger partial charge on any atom is -0.410 e. The van der Waals surface area contributed by atoms with Crippen LogP contribution in [0.1, 0.15) is 56.7 Å². The molecule has 1 amide bonds. The first-order valence-corrected chi connectivity index (χ1v) is 8.90. The largest absolute Gasteiger partial charge is 0.417 e. The summed E-state index contributed by atoms with van der Waals surface area (Å²) in [5.41, 5.74) is 1.24. The first-order chi connectivity index (χ1) is 11.7. The number of hydrogen-bond donors (Lipinski definition) is 1. The molecule has 126 valence electrons. The van der Waals surface area contributed by atoms with Crippen LogP contribution in [0.15, 0.2) is 30.3 Å². The molecule has 1 atom stereocenters. The van der Waals surface area contributed by atoms with E-state index >= 15 is 0 Å². The van der Waals surface area contributed by atoms with Crippen LogP contribution in [0, 0.1) is 11.3 Å². The number of nitriles is 1. The second-order valence-electron chi connectivity index (χ2n) is 5.46. The molecule has 1 unspecified atom stereocenters. The molecule has 1 heterocycles. The van der Waals surface area contributed by atoms with Crippen LogP contribution < -0.4 is 10.1 Å². The summed E-state index contributed by atoms with van der Waals surface area (Å²) in [6.45, 7) is 4.24. The predicted molar refractivity (Wildman–Crippen MR) is 95.5 cm³/mol. The number of nitrogens with one attached hydrogen (secondary N) is 1. The molecular weight excluding hydrogens is 322 g/mol.